The molecule has 5 heteroatoms. The van der Waals surface area contributed by atoms with Crippen LogP contribution in [0.5, 0.6) is 0 Å². The van der Waals surface area contributed by atoms with E-state index in [0.717, 1.165) is 0 Å². The average Bonchev–Trinajstić information content (AvgIpc) is 2.29. The molecule has 2 heterocycles. The number of nitrogens with zero attached hydrogens (tertiary/aromatic N) is 1. The van der Waals surface area contributed by atoms with Gasteiger partial charge in [-0.15, -0.1) is 0 Å². The van der Waals surface area contributed by atoms with Crippen molar-refractivity contribution in [3.05, 3.63) is 52.7 Å². The molecule has 0 radical (unpaired) electrons. The second-order valence-electron chi connectivity index (χ2n) is 3.54. The minimum absolute atomic E-state index is 0.192. The standard InChI is InChI=1S/C12H10N2O3/c15-11(16)6-9-3-4-10(12(17)14-9)8-2-1-5-13-7-8/h1-5,7H,6H2,(H,14,17)(H,15,16). The summed E-state index contributed by atoms with van der Waals surface area (Å²) in [5.74, 6) is -0.977. The molecule has 17 heavy (non-hydrogen) atoms. The van der Waals surface area contributed by atoms with Crippen LogP contribution in [-0.4, -0.2) is 21.0 Å². The van der Waals surface area contributed by atoms with Gasteiger partial charge in [-0.25, -0.2) is 0 Å². The van der Waals surface area contributed by atoms with Crippen LogP contribution in [0.4, 0.5) is 0 Å². The minimum Gasteiger partial charge on any atom is -0.481 e. The van der Waals surface area contributed by atoms with Crippen LogP contribution in [-0.2, 0) is 11.2 Å². The Kier molecular flexibility index (Phi) is 3.00. The Balaban J connectivity index is 2.39. The molecule has 2 aromatic rings. The van der Waals surface area contributed by atoms with Crippen molar-refractivity contribution in [1.29, 1.82) is 0 Å². The molecule has 0 bridgehead atoms. The number of rotatable bonds is 3. The van der Waals surface area contributed by atoms with E-state index in [4.69, 9.17) is 5.11 Å². The highest BCUT2D eigenvalue weighted by Crippen LogP contribution is 2.12. The first-order valence-electron chi connectivity index (χ1n) is 5.01. The molecule has 0 aliphatic heterocycles. The normalized spacial score (nSPS) is 10.1. The van der Waals surface area contributed by atoms with Crippen molar-refractivity contribution >= 4 is 5.97 Å². The van der Waals surface area contributed by atoms with E-state index in [1.807, 2.05) is 0 Å². The number of carbonyl (C=O) groups is 1. The largest absolute Gasteiger partial charge is 0.481 e. The van der Waals surface area contributed by atoms with Gasteiger partial charge in [0.15, 0.2) is 0 Å². The van der Waals surface area contributed by atoms with E-state index in [0.29, 0.717) is 16.8 Å². The van der Waals surface area contributed by atoms with Crippen LogP contribution in [0.2, 0.25) is 0 Å². The molecule has 0 aromatic carbocycles. The molecule has 0 saturated heterocycles. The lowest BCUT2D eigenvalue weighted by Gasteiger charge is -2.01. The third-order valence-electron chi connectivity index (χ3n) is 2.28. The van der Waals surface area contributed by atoms with E-state index >= 15 is 0 Å². The quantitative estimate of drug-likeness (QED) is 0.826. The Bertz CT molecular complexity index is 590. The summed E-state index contributed by atoms with van der Waals surface area (Å²) >= 11 is 0. The Morgan fingerprint density at radius 2 is 2.18 bits per heavy atom. The van der Waals surface area contributed by atoms with Crippen molar-refractivity contribution in [2.24, 2.45) is 0 Å². The number of H-pyrrole nitrogens is 1. The number of aliphatic carboxylic acids is 1. The molecule has 2 N–H and O–H groups in total. The van der Waals surface area contributed by atoms with E-state index in [1.54, 1.807) is 36.7 Å². The minimum atomic E-state index is -0.977. The number of carboxylic acids is 1. The third-order valence-corrected chi connectivity index (χ3v) is 2.28. The first-order chi connectivity index (χ1) is 8.16. The van der Waals surface area contributed by atoms with Gasteiger partial charge in [-0.2, -0.15) is 0 Å². The molecule has 86 valence electrons. The van der Waals surface area contributed by atoms with Gasteiger partial charge in [-0.05, 0) is 18.2 Å². The SMILES string of the molecule is O=C(O)Cc1ccc(-c2cccnc2)c(=O)[nH]1. The molecule has 5 nitrogen and oxygen atoms in total. The van der Waals surface area contributed by atoms with Gasteiger partial charge in [0.25, 0.3) is 5.56 Å². The zero-order valence-corrected chi connectivity index (χ0v) is 8.88. The van der Waals surface area contributed by atoms with Gasteiger partial charge in [0.05, 0.1) is 6.42 Å². The predicted octanol–water partition coefficient (Wildman–Crippen LogP) is 1.06. The summed E-state index contributed by atoms with van der Waals surface area (Å²) in [5, 5.41) is 8.61. The smallest absolute Gasteiger partial charge is 0.309 e. The highest BCUT2D eigenvalue weighted by Gasteiger charge is 2.06. The van der Waals surface area contributed by atoms with E-state index in [9.17, 15) is 9.59 Å². The van der Waals surface area contributed by atoms with Gasteiger partial charge in [0.2, 0.25) is 0 Å². The molecule has 2 rings (SSSR count). The van der Waals surface area contributed by atoms with E-state index in [2.05, 4.69) is 9.97 Å². The van der Waals surface area contributed by atoms with Gasteiger partial charge < -0.3 is 10.1 Å². The molecule has 0 aliphatic carbocycles. The Hall–Kier alpha value is -2.43. The first kappa shape index (κ1) is 11.1. The van der Waals surface area contributed by atoms with E-state index in [-0.39, 0.29) is 12.0 Å². The zero-order valence-electron chi connectivity index (χ0n) is 8.88. The van der Waals surface area contributed by atoms with Gasteiger partial charge in [0.1, 0.15) is 0 Å². The molecule has 0 aliphatic rings. The summed E-state index contributed by atoms with van der Waals surface area (Å²) in [6, 6.07) is 6.71. The molecule has 0 atom stereocenters. The van der Waals surface area contributed by atoms with Crippen LogP contribution in [0.1, 0.15) is 5.69 Å². The first-order valence-corrected chi connectivity index (χ1v) is 5.01. The maximum Gasteiger partial charge on any atom is 0.309 e. The lowest BCUT2D eigenvalue weighted by Crippen LogP contribution is -2.13. The summed E-state index contributed by atoms with van der Waals surface area (Å²) in [6.45, 7) is 0. The van der Waals surface area contributed by atoms with Crippen molar-refractivity contribution in [1.82, 2.24) is 9.97 Å². The van der Waals surface area contributed by atoms with Crippen LogP contribution in [0.25, 0.3) is 11.1 Å². The molecule has 0 amide bonds. The summed E-state index contributed by atoms with van der Waals surface area (Å²) in [6.07, 6.45) is 3.01. The van der Waals surface area contributed by atoms with E-state index < -0.39 is 5.97 Å². The van der Waals surface area contributed by atoms with Gasteiger partial charge >= 0.3 is 5.97 Å². The zero-order chi connectivity index (χ0) is 12.3. The van der Waals surface area contributed by atoms with Crippen molar-refractivity contribution in [3.63, 3.8) is 0 Å². The maximum absolute atomic E-state index is 11.7. The van der Waals surface area contributed by atoms with Crippen molar-refractivity contribution in [3.8, 4) is 11.1 Å². The summed E-state index contributed by atoms with van der Waals surface area (Å²) in [7, 11) is 0. The Morgan fingerprint density at radius 3 is 2.76 bits per heavy atom. The van der Waals surface area contributed by atoms with Crippen molar-refractivity contribution in [2.45, 2.75) is 6.42 Å². The second kappa shape index (κ2) is 4.61. The number of pyridine rings is 2. The molecule has 2 aromatic heterocycles. The summed E-state index contributed by atoms with van der Waals surface area (Å²) < 4.78 is 0. The Labute approximate surface area is 96.8 Å². The lowest BCUT2D eigenvalue weighted by atomic mass is 10.1. The molecule has 0 spiro atoms. The molecular formula is C12H10N2O3. The fourth-order valence-corrected chi connectivity index (χ4v) is 1.53. The number of hydrogen-bond acceptors (Lipinski definition) is 3. The summed E-state index contributed by atoms with van der Waals surface area (Å²) in [4.78, 5) is 28.7. The maximum atomic E-state index is 11.7. The highest BCUT2D eigenvalue weighted by molar-refractivity contribution is 5.70. The number of aromatic amines is 1. The average molecular weight is 230 g/mol. The van der Waals surface area contributed by atoms with Crippen molar-refractivity contribution < 1.29 is 9.90 Å². The monoisotopic (exact) mass is 230 g/mol. The van der Waals surface area contributed by atoms with Crippen LogP contribution < -0.4 is 5.56 Å². The fraction of sp³-hybridized carbons (Fsp3) is 0.0833. The van der Waals surface area contributed by atoms with Crippen LogP contribution in [0.15, 0.2) is 41.5 Å². The van der Waals surface area contributed by atoms with E-state index in [1.165, 1.54) is 0 Å². The topological polar surface area (TPSA) is 83.0 Å². The second-order valence-corrected chi connectivity index (χ2v) is 3.54. The number of carboxylic acid groups (broad SMARTS) is 1. The molecular weight excluding hydrogens is 220 g/mol. The Morgan fingerprint density at radius 1 is 1.35 bits per heavy atom. The fourth-order valence-electron chi connectivity index (χ4n) is 1.53. The van der Waals surface area contributed by atoms with Gasteiger partial charge in [0, 0.05) is 29.2 Å². The van der Waals surface area contributed by atoms with Crippen molar-refractivity contribution in [2.75, 3.05) is 0 Å². The third kappa shape index (κ3) is 2.57. The highest BCUT2D eigenvalue weighted by atomic mass is 16.4. The number of aromatic nitrogens is 2. The summed E-state index contributed by atoms with van der Waals surface area (Å²) in [5.41, 5.74) is 1.26. The van der Waals surface area contributed by atoms with Gasteiger partial charge in [-0.3, -0.25) is 14.6 Å². The molecule has 0 saturated carbocycles. The number of nitrogens with one attached hydrogen (secondary N) is 1. The lowest BCUT2D eigenvalue weighted by molar-refractivity contribution is -0.136. The van der Waals surface area contributed by atoms with Crippen LogP contribution in [0, 0.1) is 0 Å². The number of hydrogen-bond donors (Lipinski definition) is 2. The van der Waals surface area contributed by atoms with Gasteiger partial charge in [-0.1, -0.05) is 6.07 Å². The van der Waals surface area contributed by atoms with Crippen LogP contribution >= 0.6 is 0 Å². The molecule has 0 unspecified atom stereocenters. The van der Waals surface area contributed by atoms with Crippen LogP contribution in [0.3, 0.4) is 0 Å². The molecule has 0 fully saturated rings. The predicted molar refractivity (Wildman–Crippen MR) is 61.6 cm³/mol.